The summed E-state index contributed by atoms with van der Waals surface area (Å²) in [6.07, 6.45) is 0. The molecule has 0 aromatic heterocycles. The Balaban J connectivity index is 2.32. The molecular weight excluding hydrogens is 234 g/mol. The summed E-state index contributed by atoms with van der Waals surface area (Å²) in [5.41, 5.74) is 11.4. The Kier molecular flexibility index (Phi) is 4.07. The normalized spacial score (nSPS) is 10.7. The van der Waals surface area contributed by atoms with Crippen LogP contribution in [0.1, 0.15) is 11.1 Å². The molecule has 19 heavy (non-hydrogen) atoms. The molecule has 0 spiro atoms. The molecule has 2 aromatic rings. The molecule has 0 unspecified atom stereocenters. The Bertz CT molecular complexity index is 562. The average molecular weight is 255 g/mol. The molecule has 0 radical (unpaired) electrons. The summed E-state index contributed by atoms with van der Waals surface area (Å²) < 4.78 is 0. The lowest BCUT2D eigenvalue weighted by molar-refractivity contribution is 0.403. The number of hydrogen-bond acceptors (Lipinski definition) is 3. The fraction of sp³-hybridized carbons (Fsp3) is 0.250. The van der Waals surface area contributed by atoms with E-state index in [1.165, 1.54) is 11.1 Å². The first-order valence-corrected chi connectivity index (χ1v) is 6.42. The maximum Gasteiger partial charge on any atom is 0.0431 e. The van der Waals surface area contributed by atoms with Gasteiger partial charge in [0.2, 0.25) is 0 Å². The predicted molar refractivity (Wildman–Crippen MR) is 82.7 cm³/mol. The zero-order chi connectivity index (χ0) is 13.8. The van der Waals surface area contributed by atoms with Gasteiger partial charge in [0, 0.05) is 23.6 Å². The van der Waals surface area contributed by atoms with Crippen LogP contribution in [0.5, 0.6) is 0 Å². The molecule has 0 heterocycles. The lowest BCUT2D eigenvalue weighted by Gasteiger charge is -2.17. The van der Waals surface area contributed by atoms with Gasteiger partial charge in [0.1, 0.15) is 0 Å². The number of nitrogens with one attached hydrogen (secondary N) is 1. The molecule has 0 aliphatic carbocycles. The monoisotopic (exact) mass is 255 g/mol. The Labute approximate surface area is 115 Å². The van der Waals surface area contributed by atoms with Crippen LogP contribution in [-0.2, 0) is 6.54 Å². The van der Waals surface area contributed by atoms with Crippen LogP contribution in [-0.4, -0.2) is 19.0 Å². The predicted octanol–water partition coefficient (Wildman–Crippen LogP) is 3.38. The third kappa shape index (κ3) is 3.48. The van der Waals surface area contributed by atoms with Gasteiger partial charge in [0.05, 0.1) is 0 Å². The van der Waals surface area contributed by atoms with Crippen LogP contribution in [0.15, 0.2) is 42.5 Å². The highest BCUT2D eigenvalue weighted by atomic mass is 15.1. The van der Waals surface area contributed by atoms with Crippen LogP contribution >= 0.6 is 0 Å². The summed E-state index contributed by atoms with van der Waals surface area (Å²) in [4.78, 5) is 2.14. The highest BCUT2D eigenvalue weighted by Gasteiger charge is 2.06. The molecule has 3 nitrogen and oxygen atoms in total. The summed E-state index contributed by atoms with van der Waals surface area (Å²) >= 11 is 0. The molecule has 0 fully saturated rings. The van der Waals surface area contributed by atoms with E-state index in [1.54, 1.807) is 0 Å². The second-order valence-corrected chi connectivity index (χ2v) is 5.09. The van der Waals surface area contributed by atoms with Gasteiger partial charge in [-0.25, -0.2) is 0 Å². The molecule has 100 valence electrons. The van der Waals surface area contributed by atoms with E-state index in [0.29, 0.717) is 0 Å². The molecule has 0 bridgehead atoms. The average Bonchev–Trinajstić information content (AvgIpc) is 2.34. The van der Waals surface area contributed by atoms with Crippen molar-refractivity contribution in [3.63, 3.8) is 0 Å². The first-order valence-electron chi connectivity index (χ1n) is 6.42. The van der Waals surface area contributed by atoms with E-state index in [-0.39, 0.29) is 0 Å². The van der Waals surface area contributed by atoms with Gasteiger partial charge in [-0.05, 0) is 56.4 Å². The summed E-state index contributed by atoms with van der Waals surface area (Å²) in [6.45, 7) is 2.96. The molecule has 0 amide bonds. The molecule has 0 saturated heterocycles. The third-order valence-electron chi connectivity index (χ3n) is 3.03. The van der Waals surface area contributed by atoms with Crippen LogP contribution < -0.4 is 11.1 Å². The van der Waals surface area contributed by atoms with Crippen molar-refractivity contribution in [1.82, 2.24) is 4.90 Å². The van der Waals surface area contributed by atoms with E-state index in [4.69, 9.17) is 5.73 Å². The van der Waals surface area contributed by atoms with Crippen LogP contribution in [0.4, 0.5) is 17.1 Å². The zero-order valence-corrected chi connectivity index (χ0v) is 11.8. The SMILES string of the molecule is Cc1ccccc1Nc1ccc(N)cc1CN(C)C. The minimum absolute atomic E-state index is 0.798. The number of benzene rings is 2. The number of nitrogens with zero attached hydrogens (tertiary/aromatic N) is 1. The second-order valence-electron chi connectivity index (χ2n) is 5.09. The van der Waals surface area contributed by atoms with E-state index in [9.17, 15) is 0 Å². The van der Waals surface area contributed by atoms with E-state index < -0.39 is 0 Å². The first-order chi connectivity index (χ1) is 9.06. The molecule has 0 aliphatic heterocycles. The first kappa shape index (κ1) is 13.4. The summed E-state index contributed by atoms with van der Waals surface area (Å²) in [7, 11) is 4.11. The fourth-order valence-corrected chi connectivity index (χ4v) is 2.07. The van der Waals surface area contributed by atoms with Crippen LogP contribution in [0.3, 0.4) is 0 Å². The molecule has 2 aromatic carbocycles. The van der Waals surface area contributed by atoms with Crippen molar-refractivity contribution >= 4 is 17.1 Å². The van der Waals surface area contributed by atoms with Gasteiger partial charge in [-0.1, -0.05) is 18.2 Å². The summed E-state index contributed by atoms with van der Waals surface area (Å²) in [5.74, 6) is 0. The number of para-hydroxylation sites is 1. The van der Waals surface area contributed by atoms with Gasteiger partial charge in [0.15, 0.2) is 0 Å². The number of anilines is 3. The van der Waals surface area contributed by atoms with Gasteiger partial charge in [-0.15, -0.1) is 0 Å². The lowest BCUT2D eigenvalue weighted by atomic mass is 10.1. The van der Waals surface area contributed by atoms with E-state index in [1.807, 2.05) is 30.3 Å². The minimum atomic E-state index is 0.798. The highest BCUT2D eigenvalue weighted by Crippen LogP contribution is 2.25. The number of hydrogen-bond donors (Lipinski definition) is 2. The number of aryl methyl sites for hydroxylation is 1. The zero-order valence-electron chi connectivity index (χ0n) is 11.8. The fourth-order valence-electron chi connectivity index (χ4n) is 2.07. The van der Waals surface area contributed by atoms with E-state index in [0.717, 1.165) is 23.6 Å². The van der Waals surface area contributed by atoms with Gasteiger partial charge < -0.3 is 16.0 Å². The lowest BCUT2D eigenvalue weighted by Crippen LogP contribution is -2.12. The molecule has 3 heteroatoms. The third-order valence-corrected chi connectivity index (χ3v) is 3.03. The topological polar surface area (TPSA) is 41.3 Å². The van der Waals surface area contributed by atoms with Gasteiger partial charge in [-0.3, -0.25) is 0 Å². The second kappa shape index (κ2) is 5.76. The van der Waals surface area contributed by atoms with Crippen molar-refractivity contribution in [3.8, 4) is 0 Å². The van der Waals surface area contributed by atoms with Crippen molar-refractivity contribution in [2.45, 2.75) is 13.5 Å². The molecular formula is C16H21N3. The highest BCUT2D eigenvalue weighted by molar-refractivity contribution is 5.68. The number of nitrogen functional groups attached to an aromatic ring is 1. The Morgan fingerprint density at radius 2 is 1.79 bits per heavy atom. The van der Waals surface area contributed by atoms with Crippen LogP contribution in [0.2, 0.25) is 0 Å². The van der Waals surface area contributed by atoms with Gasteiger partial charge >= 0.3 is 0 Å². The van der Waals surface area contributed by atoms with Crippen LogP contribution in [0.25, 0.3) is 0 Å². The molecule has 0 atom stereocenters. The standard InChI is InChI=1S/C16H21N3/c1-12-6-4-5-7-15(12)18-16-9-8-14(17)10-13(16)11-19(2)3/h4-10,18H,11,17H2,1-3H3. The minimum Gasteiger partial charge on any atom is -0.399 e. The van der Waals surface area contributed by atoms with Crippen molar-refractivity contribution in [2.24, 2.45) is 0 Å². The molecule has 3 N–H and O–H groups in total. The van der Waals surface area contributed by atoms with Crippen molar-refractivity contribution in [3.05, 3.63) is 53.6 Å². The van der Waals surface area contributed by atoms with Crippen molar-refractivity contribution in [2.75, 3.05) is 25.1 Å². The smallest absolute Gasteiger partial charge is 0.0431 e. The summed E-state index contributed by atoms with van der Waals surface area (Å²) in [6, 6.07) is 14.3. The molecule has 2 rings (SSSR count). The Morgan fingerprint density at radius 3 is 2.47 bits per heavy atom. The van der Waals surface area contributed by atoms with Crippen molar-refractivity contribution in [1.29, 1.82) is 0 Å². The van der Waals surface area contributed by atoms with E-state index in [2.05, 4.69) is 43.4 Å². The van der Waals surface area contributed by atoms with Gasteiger partial charge in [-0.2, -0.15) is 0 Å². The van der Waals surface area contributed by atoms with E-state index >= 15 is 0 Å². The maximum atomic E-state index is 5.88. The number of rotatable bonds is 4. The quantitative estimate of drug-likeness (QED) is 0.823. The Hall–Kier alpha value is -2.00. The Morgan fingerprint density at radius 1 is 1.05 bits per heavy atom. The summed E-state index contributed by atoms with van der Waals surface area (Å²) in [5, 5.41) is 3.49. The molecule has 0 aliphatic rings. The van der Waals surface area contributed by atoms with Crippen molar-refractivity contribution < 1.29 is 0 Å². The number of nitrogens with two attached hydrogens (primary N) is 1. The van der Waals surface area contributed by atoms with Crippen LogP contribution in [0, 0.1) is 6.92 Å². The van der Waals surface area contributed by atoms with Gasteiger partial charge in [0.25, 0.3) is 0 Å². The largest absolute Gasteiger partial charge is 0.399 e. The maximum absolute atomic E-state index is 5.88. The molecule has 0 saturated carbocycles.